The van der Waals surface area contributed by atoms with Gasteiger partial charge in [-0.1, -0.05) is 61.4 Å². The van der Waals surface area contributed by atoms with E-state index >= 15 is 0 Å². The number of aliphatic hydroxyl groups is 2. The van der Waals surface area contributed by atoms with Crippen molar-refractivity contribution in [2.75, 3.05) is 26.4 Å². The van der Waals surface area contributed by atoms with Crippen molar-refractivity contribution >= 4 is 0 Å². The van der Waals surface area contributed by atoms with Crippen LogP contribution < -0.4 is 9.47 Å². The van der Waals surface area contributed by atoms with Gasteiger partial charge in [0.15, 0.2) is 0 Å². The molecule has 0 heterocycles. The lowest BCUT2D eigenvalue weighted by Crippen LogP contribution is -1.98. The number of hydrogen-bond donors (Lipinski definition) is 2. The average molecular weight is 491 g/mol. The Morgan fingerprint density at radius 1 is 0.389 bits per heavy atom. The summed E-state index contributed by atoms with van der Waals surface area (Å²) in [5.41, 5.74) is 5.17. The Kier molecular flexibility index (Phi) is 12.9. The molecular weight excluding hydrogens is 448 g/mol. The first-order valence-electron chi connectivity index (χ1n) is 13.5. The maximum Gasteiger partial charge on any atom is 0.119 e. The number of benzene rings is 3. The van der Waals surface area contributed by atoms with E-state index in [-0.39, 0.29) is 13.2 Å². The van der Waals surface area contributed by atoms with Crippen LogP contribution in [0.5, 0.6) is 11.5 Å². The summed E-state index contributed by atoms with van der Waals surface area (Å²) in [7, 11) is 0. The average Bonchev–Trinajstić information content (AvgIpc) is 2.91. The maximum atomic E-state index is 8.82. The largest absolute Gasteiger partial charge is 0.494 e. The smallest absolute Gasteiger partial charge is 0.119 e. The van der Waals surface area contributed by atoms with Gasteiger partial charge in [0.2, 0.25) is 0 Å². The van der Waals surface area contributed by atoms with Gasteiger partial charge in [0.05, 0.1) is 13.2 Å². The number of ether oxygens (including phenoxy) is 2. The van der Waals surface area contributed by atoms with Crippen LogP contribution in [0.2, 0.25) is 0 Å². The topological polar surface area (TPSA) is 58.9 Å². The minimum absolute atomic E-state index is 0.281. The highest BCUT2D eigenvalue weighted by Crippen LogP contribution is 2.19. The lowest BCUT2D eigenvalue weighted by molar-refractivity contribution is 0.273. The first-order chi connectivity index (χ1) is 17.8. The SMILES string of the molecule is OCCCCCCOc1ccc(Cc2ccc(Cc3ccc(OCCCCCCO)cc3)cc2)cc1. The molecule has 2 N–H and O–H groups in total. The van der Waals surface area contributed by atoms with Gasteiger partial charge in [0.25, 0.3) is 0 Å². The minimum Gasteiger partial charge on any atom is -0.494 e. The highest BCUT2D eigenvalue weighted by atomic mass is 16.5. The Bertz CT molecular complexity index is 868. The zero-order valence-corrected chi connectivity index (χ0v) is 21.5. The molecule has 36 heavy (non-hydrogen) atoms. The Balaban J connectivity index is 1.38. The van der Waals surface area contributed by atoms with Crippen LogP contribution in [0, 0.1) is 0 Å². The van der Waals surface area contributed by atoms with E-state index in [0.717, 1.165) is 88.9 Å². The molecule has 0 unspecified atom stereocenters. The second-order valence-electron chi connectivity index (χ2n) is 9.43. The van der Waals surface area contributed by atoms with Crippen LogP contribution in [0.3, 0.4) is 0 Å². The molecule has 4 heteroatoms. The molecule has 3 aromatic rings. The van der Waals surface area contributed by atoms with Gasteiger partial charge in [-0.3, -0.25) is 0 Å². The van der Waals surface area contributed by atoms with Gasteiger partial charge in [0.1, 0.15) is 11.5 Å². The maximum absolute atomic E-state index is 8.82. The van der Waals surface area contributed by atoms with E-state index < -0.39 is 0 Å². The molecule has 0 aliphatic heterocycles. The molecule has 0 saturated carbocycles. The molecule has 3 aromatic carbocycles. The molecule has 4 nitrogen and oxygen atoms in total. The van der Waals surface area contributed by atoms with Crippen molar-refractivity contribution in [3.05, 3.63) is 95.1 Å². The van der Waals surface area contributed by atoms with E-state index in [1.165, 1.54) is 22.3 Å². The van der Waals surface area contributed by atoms with E-state index in [1.807, 2.05) is 0 Å². The van der Waals surface area contributed by atoms with Crippen molar-refractivity contribution in [2.24, 2.45) is 0 Å². The van der Waals surface area contributed by atoms with E-state index in [0.29, 0.717) is 0 Å². The van der Waals surface area contributed by atoms with E-state index in [1.54, 1.807) is 0 Å². The summed E-state index contributed by atoms with van der Waals surface area (Å²) < 4.78 is 11.7. The number of aliphatic hydroxyl groups excluding tert-OH is 2. The second kappa shape index (κ2) is 16.8. The summed E-state index contributed by atoms with van der Waals surface area (Å²) in [5, 5.41) is 17.6. The Morgan fingerprint density at radius 3 is 1.03 bits per heavy atom. The van der Waals surface area contributed by atoms with Crippen molar-refractivity contribution in [2.45, 2.75) is 64.2 Å². The van der Waals surface area contributed by atoms with Crippen molar-refractivity contribution in [1.29, 1.82) is 0 Å². The molecule has 0 aliphatic carbocycles. The van der Waals surface area contributed by atoms with E-state index in [9.17, 15) is 0 Å². The van der Waals surface area contributed by atoms with Crippen molar-refractivity contribution in [3.63, 3.8) is 0 Å². The predicted octanol–water partition coefficient (Wildman–Crippen LogP) is 6.73. The summed E-state index contributed by atoms with van der Waals surface area (Å²) in [4.78, 5) is 0. The summed E-state index contributed by atoms with van der Waals surface area (Å²) in [6.45, 7) is 2.02. The predicted molar refractivity (Wildman–Crippen MR) is 147 cm³/mol. The quantitative estimate of drug-likeness (QED) is 0.194. The second-order valence-corrected chi connectivity index (χ2v) is 9.43. The van der Waals surface area contributed by atoms with Crippen LogP contribution >= 0.6 is 0 Å². The first kappa shape index (κ1) is 27.8. The van der Waals surface area contributed by atoms with Crippen LogP contribution in [0.1, 0.15) is 73.6 Å². The van der Waals surface area contributed by atoms with Crippen LogP contribution in [-0.2, 0) is 12.8 Å². The fraction of sp³-hybridized carbons (Fsp3) is 0.438. The van der Waals surface area contributed by atoms with Crippen LogP contribution in [0.15, 0.2) is 72.8 Å². The standard InChI is InChI=1S/C32H42O4/c33-21-5-1-3-7-23-35-31-17-13-29(14-18-31)25-27-9-11-28(12-10-27)26-30-15-19-32(20-16-30)36-24-8-4-2-6-22-34/h9-20,33-34H,1-8,21-26H2. The minimum atomic E-state index is 0.281. The van der Waals surface area contributed by atoms with Crippen molar-refractivity contribution in [3.8, 4) is 11.5 Å². The van der Waals surface area contributed by atoms with Gasteiger partial charge in [-0.15, -0.1) is 0 Å². The summed E-state index contributed by atoms with van der Waals surface area (Å²) >= 11 is 0. The number of unbranched alkanes of at least 4 members (excludes halogenated alkanes) is 6. The summed E-state index contributed by atoms with van der Waals surface area (Å²) in [5.74, 6) is 1.84. The van der Waals surface area contributed by atoms with Crippen LogP contribution in [0.4, 0.5) is 0 Å². The zero-order valence-electron chi connectivity index (χ0n) is 21.5. The van der Waals surface area contributed by atoms with Gasteiger partial charge in [-0.25, -0.2) is 0 Å². The normalized spacial score (nSPS) is 10.9. The van der Waals surface area contributed by atoms with Gasteiger partial charge < -0.3 is 19.7 Å². The fourth-order valence-corrected chi connectivity index (χ4v) is 4.17. The van der Waals surface area contributed by atoms with E-state index in [4.69, 9.17) is 19.7 Å². The van der Waals surface area contributed by atoms with Crippen molar-refractivity contribution < 1.29 is 19.7 Å². The summed E-state index contributed by atoms with van der Waals surface area (Å²) in [6, 6.07) is 25.7. The molecular formula is C32H42O4. The van der Waals surface area contributed by atoms with Crippen molar-refractivity contribution in [1.82, 2.24) is 0 Å². The third kappa shape index (κ3) is 10.8. The molecule has 0 atom stereocenters. The molecule has 0 bridgehead atoms. The molecule has 194 valence electrons. The Labute approximate surface area is 216 Å². The number of hydrogen-bond acceptors (Lipinski definition) is 4. The Hall–Kier alpha value is -2.82. The third-order valence-electron chi connectivity index (χ3n) is 6.33. The van der Waals surface area contributed by atoms with E-state index in [2.05, 4.69) is 72.8 Å². The van der Waals surface area contributed by atoms with Crippen LogP contribution in [-0.4, -0.2) is 36.6 Å². The fourth-order valence-electron chi connectivity index (χ4n) is 4.17. The molecule has 0 amide bonds. The molecule has 0 fully saturated rings. The van der Waals surface area contributed by atoms with Gasteiger partial charge >= 0.3 is 0 Å². The Morgan fingerprint density at radius 2 is 0.694 bits per heavy atom. The van der Waals surface area contributed by atoms with Gasteiger partial charge in [-0.2, -0.15) is 0 Å². The van der Waals surface area contributed by atoms with Gasteiger partial charge in [0, 0.05) is 13.2 Å². The van der Waals surface area contributed by atoms with Crippen LogP contribution in [0.25, 0.3) is 0 Å². The first-order valence-corrected chi connectivity index (χ1v) is 13.5. The van der Waals surface area contributed by atoms with Gasteiger partial charge in [-0.05, 0) is 97.9 Å². The summed E-state index contributed by atoms with van der Waals surface area (Å²) in [6.07, 6.45) is 9.96. The monoisotopic (exact) mass is 490 g/mol. The lowest BCUT2D eigenvalue weighted by atomic mass is 10.0. The molecule has 0 aromatic heterocycles. The lowest BCUT2D eigenvalue weighted by Gasteiger charge is -2.09. The molecule has 0 aliphatic rings. The zero-order chi connectivity index (χ0) is 25.3. The highest BCUT2D eigenvalue weighted by molar-refractivity contribution is 5.35. The molecule has 0 saturated heterocycles. The highest BCUT2D eigenvalue weighted by Gasteiger charge is 2.02. The third-order valence-corrected chi connectivity index (χ3v) is 6.33. The number of rotatable bonds is 18. The molecule has 0 radical (unpaired) electrons. The molecule has 3 rings (SSSR count). The molecule has 0 spiro atoms.